The lowest BCUT2D eigenvalue weighted by atomic mass is 10.1. The molecule has 2 aromatic carbocycles. The van der Waals surface area contributed by atoms with Gasteiger partial charge in [-0.2, -0.15) is 9.57 Å². The molecule has 3 heterocycles. The van der Waals surface area contributed by atoms with Gasteiger partial charge in [0.1, 0.15) is 11.1 Å². The number of hydrogen-bond donors (Lipinski definition) is 1. The molecule has 1 amide bonds. The Kier molecular flexibility index (Phi) is 7.20. The minimum absolute atomic E-state index is 0.182. The summed E-state index contributed by atoms with van der Waals surface area (Å²) in [6.07, 6.45) is 4.38. The molecule has 192 valence electrons. The van der Waals surface area contributed by atoms with Crippen LogP contribution in [0.3, 0.4) is 0 Å². The highest BCUT2D eigenvalue weighted by Crippen LogP contribution is 2.37. The van der Waals surface area contributed by atoms with Crippen molar-refractivity contribution < 1.29 is 22.7 Å². The number of anilines is 1. The summed E-state index contributed by atoms with van der Waals surface area (Å²) in [5.74, 6) is 1.01. The van der Waals surface area contributed by atoms with Crippen LogP contribution in [0.4, 0.5) is 5.00 Å². The summed E-state index contributed by atoms with van der Waals surface area (Å²) in [5.41, 5.74) is 2.58. The van der Waals surface area contributed by atoms with Crippen LogP contribution in [-0.4, -0.2) is 38.5 Å². The van der Waals surface area contributed by atoms with Gasteiger partial charge in [0, 0.05) is 30.0 Å². The maximum atomic E-state index is 13.0. The molecule has 1 N–H and O–H groups in total. The third-order valence-corrected chi connectivity index (χ3v) is 9.83. The van der Waals surface area contributed by atoms with E-state index in [1.54, 1.807) is 0 Å². The second kappa shape index (κ2) is 10.5. The first kappa shape index (κ1) is 25.3. The minimum Gasteiger partial charge on any atom is -0.454 e. The van der Waals surface area contributed by atoms with Gasteiger partial charge >= 0.3 is 0 Å². The maximum absolute atomic E-state index is 13.0. The van der Waals surface area contributed by atoms with E-state index in [0.29, 0.717) is 47.1 Å². The normalized spacial score (nSPS) is 15.7. The number of thiophene rings is 1. The van der Waals surface area contributed by atoms with Gasteiger partial charge in [-0.15, -0.1) is 11.3 Å². The predicted octanol–water partition coefficient (Wildman–Crippen LogP) is 5.06. The first-order valence-corrected chi connectivity index (χ1v) is 14.4. The summed E-state index contributed by atoms with van der Waals surface area (Å²) in [6, 6.07) is 13.9. The Bertz CT molecular complexity index is 1460. The molecular weight excluding hydrogens is 510 g/mol. The molecule has 37 heavy (non-hydrogen) atoms. The largest absolute Gasteiger partial charge is 0.454 e. The zero-order chi connectivity index (χ0) is 26.0. The van der Waals surface area contributed by atoms with Gasteiger partial charge in [0.15, 0.2) is 11.5 Å². The second-order valence-electron chi connectivity index (χ2n) is 9.13. The van der Waals surface area contributed by atoms with Gasteiger partial charge < -0.3 is 14.8 Å². The maximum Gasteiger partial charge on any atom is 0.256 e. The predicted molar refractivity (Wildman–Crippen MR) is 141 cm³/mol. The molecule has 0 aliphatic carbocycles. The first-order valence-electron chi connectivity index (χ1n) is 12.2. The van der Waals surface area contributed by atoms with Crippen LogP contribution in [0.15, 0.2) is 47.4 Å². The molecule has 0 bridgehead atoms. The molecule has 2 aliphatic rings. The van der Waals surface area contributed by atoms with Crippen LogP contribution in [0.2, 0.25) is 0 Å². The van der Waals surface area contributed by atoms with Crippen LogP contribution in [0.25, 0.3) is 0 Å². The Morgan fingerprint density at radius 1 is 1.05 bits per heavy atom. The molecule has 5 rings (SSSR count). The molecule has 1 fully saturated rings. The SMILES string of the molecule is Cc1c(Cc2ccc3c(c2)OCO3)sc(NC(=O)c2ccc(S(=O)(=O)N3CCCCCC3)cc2)c1C#N. The number of benzene rings is 2. The van der Waals surface area contributed by atoms with E-state index in [1.807, 2.05) is 25.1 Å². The van der Waals surface area contributed by atoms with Gasteiger partial charge in [-0.05, 0) is 67.3 Å². The summed E-state index contributed by atoms with van der Waals surface area (Å²) >= 11 is 1.36. The number of nitrogens with zero attached hydrogens (tertiary/aromatic N) is 2. The number of nitriles is 1. The number of nitrogens with one attached hydrogen (secondary N) is 1. The third-order valence-electron chi connectivity index (χ3n) is 6.71. The molecule has 1 saturated heterocycles. The first-order chi connectivity index (χ1) is 17.9. The molecule has 10 heteroatoms. The van der Waals surface area contributed by atoms with Crippen molar-refractivity contribution in [3.05, 3.63) is 69.6 Å². The van der Waals surface area contributed by atoms with Gasteiger partial charge in [-0.3, -0.25) is 4.79 Å². The van der Waals surface area contributed by atoms with Crippen LogP contribution in [0, 0.1) is 18.3 Å². The lowest BCUT2D eigenvalue weighted by Gasteiger charge is -2.20. The van der Waals surface area contributed by atoms with E-state index < -0.39 is 15.9 Å². The standard InChI is InChI=1S/C27H27N3O5S2/c1-18-22(16-28)27(36-25(18)15-19-6-11-23-24(14-19)35-17-34-23)29-26(31)20-7-9-21(10-8-20)37(32,33)30-12-4-2-3-5-13-30/h6-11,14H,2-5,12-13,15,17H2,1H3,(H,29,31). The molecule has 0 atom stereocenters. The summed E-state index contributed by atoms with van der Waals surface area (Å²) in [4.78, 5) is 14.1. The van der Waals surface area contributed by atoms with E-state index in [4.69, 9.17) is 9.47 Å². The van der Waals surface area contributed by atoms with E-state index in [2.05, 4.69) is 11.4 Å². The van der Waals surface area contributed by atoms with Gasteiger partial charge in [-0.25, -0.2) is 8.42 Å². The van der Waals surface area contributed by atoms with Gasteiger partial charge in [0.05, 0.1) is 10.5 Å². The average Bonchev–Trinajstić information content (AvgIpc) is 3.35. The fourth-order valence-electron chi connectivity index (χ4n) is 4.57. The average molecular weight is 538 g/mol. The van der Waals surface area contributed by atoms with Crippen molar-refractivity contribution in [3.8, 4) is 17.6 Å². The zero-order valence-electron chi connectivity index (χ0n) is 20.5. The van der Waals surface area contributed by atoms with E-state index in [1.165, 1.54) is 39.9 Å². The monoisotopic (exact) mass is 537 g/mol. The van der Waals surface area contributed by atoms with Crippen molar-refractivity contribution in [1.82, 2.24) is 4.31 Å². The molecule has 2 aliphatic heterocycles. The highest BCUT2D eigenvalue weighted by Gasteiger charge is 2.25. The summed E-state index contributed by atoms with van der Waals surface area (Å²) in [5, 5.41) is 13.1. The quantitative estimate of drug-likeness (QED) is 0.471. The molecule has 0 saturated carbocycles. The highest BCUT2D eigenvalue weighted by molar-refractivity contribution is 7.89. The Morgan fingerprint density at radius 2 is 1.76 bits per heavy atom. The Morgan fingerprint density at radius 3 is 2.46 bits per heavy atom. The molecule has 8 nitrogen and oxygen atoms in total. The van der Waals surface area contributed by atoms with Crippen LogP contribution in [0.5, 0.6) is 11.5 Å². The molecule has 3 aromatic rings. The Hall–Kier alpha value is -3.39. The number of carbonyl (C=O) groups is 1. The summed E-state index contributed by atoms with van der Waals surface area (Å²) in [6.45, 7) is 3.12. The molecule has 0 radical (unpaired) electrons. The van der Waals surface area contributed by atoms with Gasteiger partial charge in [0.2, 0.25) is 16.8 Å². The van der Waals surface area contributed by atoms with Crippen molar-refractivity contribution in [2.24, 2.45) is 0 Å². The number of carbonyl (C=O) groups excluding carboxylic acids is 1. The van der Waals surface area contributed by atoms with E-state index >= 15 is 0 Å². The highest BCUT2D eigenvalue weighted by atomic mass is 32.2. The number of amides is 1. The van der Waals surface area contributed by atoms with Crippen LogP contribution in [-0.2, 0) is 16.4 Å². The van der Waals surface area contributed by atoms with Crippen LogP contribution >= 0.6 is 11.3 Å². The van der Waals surface area contributed by atoms with Crippen molar-refractivity contribution in [3.63, 3.8) is 0 Å². The molecule has 1 aromatic heterocycles. The number of sulfonamides is 1. The van der Waals surface area contributed by atoms with Crippen molar-refractivity contribution in [2.75, 3.05) is 25.2 Å². The topological polar surface area (TPSA) is 109 Å². The van der Waals surface area contributed by atoms with E-state index in [9.17, 15) is 18.5 Å². The summed E-state index contributed by atoms with van der Waals surface area (Å²) < 4.78 is 38.4. The lowest BCUT2D eigenvalue weighted by Crippen LogP contribution is -2.31. The van der Waals surface area contributed by atoms with Crippen molar-refractivity contribution >= 4 is 32.3 Å². The smallest absolute Gasteiger partial charge is 0.256 e. The number of rotatable bonds is 6. The Labute approximate surface area is 220 Å². The number of fused-ring (bicyclic) bond motifs is 1. The molecular formula is C27H27N3O5S2. The Balaban J connectivity index is 1.31. The van der Waals surface area contributed by atoms with Crippen molar-refractivity contribution in [2.45, 2.75) is 43.9 Å². The van der Waals surface area contributed by atoms with Gasteiger partial charge in [0.25, 0.3) is 5.91 Å². The molecule has 0 unspecified atom stereocenters. The molecule has 0 spiro atoms. The third kappa shape index (κ3) is 5.21. The fourth-order valence-corrected chi connectivity index (χ4v) is 7.27. The van der Waals surface area contributed by atoms with Crippen LogP contribution in [0.1, 0.15) is 57.6 Å². The number of hydrogen-bond acceptors (Lipinski definition) is 7. The number of ether oxygens (including phenoxy) is 2. The second-order valence-corrected chi connectivity index (χ2v) is 12.2. The minimum atomic E-state index is -3.59. The van der Waals surface area contributed by atoms with E-state index in [0.717, 1.165) is 41.7 Å². The lowest BCUT2D eigenvalue weighted by molar-refractivity contribution is 0.102. The van der Waals surface area contributed by atoms with Crippen LogP contribution < -0.4 is 14.8 Å². The summed E-state index contributed by atoms with van der Waals surface area (Å²) in [7, 11) is -3.59. The van der Waals surface area contributed by atoms with E-state index in [-0.39, 0.29) is 11.7 Å². The fraction of sp³-hybridized carbons (Fsp3) is 0.333. The zero-order valence-corrected chi connectivity index (χ0v) is 22.1. The van der Waals surface area contributed by atoms with Crippen molar-refractivity contribution in [1.29, 1.82) is 5.26 Å². The van der Waals surface area contributed by atoms with Gasteiger partial charge in [-0.1, -0.05) is 18.9 Å².